The van der Waals surface area contributed by atoms with E-state index in [2.05, 4.69) is 46.9 Å². The number of aliphatic hydroxyl groups is 1. The molecule has 4 heteroatoms. The van der Waals surface area contributed by atoms with Crippen molar-refractivity contribution in [3.05, 3.63) is 33.4 Å². The second-order valence-corrected chi connectivity index (χ2v) is 5.98. The first-order valence-corrected chi connectivity index (χ1v) is 7.43. The van der Waals surface area contributed by atoms with Crippen LogP contribution in [0.15, 0.2) is 24.3 Å². The lowest BCUT2D eigenvalue weighted by molar-refractivity contribution is -0.133. The zero-order valence-corrected chi connectivity index (χ0v) is 12.5. The molecule has 0 aliphatic carbocycles. The van der Waals surface area contributed by atoms with Crippen molar-refractivity contribution in [3.8, 4) is 0 Å². The molecule has 2 rings (SSSR count). The highest BCUT2D eigenvalue weighted by Gasteiger charge is 2.20. The number of halogens is 1. The second kappa shape index (κ2) is 6.52. The minimum atomic E-state index is -0.217. The minimum Gasteiger partial charge on any atom is -0.393 e. The molecule has 0 bridgehead atoms. The van der Waals surface area contributed by atoms with Gasteiger partial charge in [-0.05, 0) is 59.5 Å². The van der Waals surface area contributed by atoms with Crippen LogP contribution in [0.2, 0.25) is 0 Å². The van der Waals surface area contributed by atoms with E-state index in [9.17, 15) is 9.90 Å². The molecule has 0 radical (unpaired) electrons. The molecule has 3 nitrogen and oxygen atoms in total. The van der Waals surface area contributed by atoms with Crippen LogP contribution in [-0.2, 0) is 11.2 Å². The van der Waals surface area contributed by atoms with Gasteiger partial charge in [-0.25, -0.2) is 0 Å². The first-order chi connectivity index (χ1) is 8.65. The average Bonchev–Trinajstić information content (AvgIpc) is 2.38. The summed E-state index contributed by atoms with van der Waals surface area (Å²) in [6.45, 7) is 1.40. The van der Waals surface area contributed by atoms with Crippen LogP contribution in [0.5, 0.6) is 0 Å². The number of hydrogen-bond donors (Lipinski definition) is 1. The molecule has 98 valence electrons. The van der Waals surface area contributed by atoms with Crippen LogP contribution in [-0.4, -0.2) is 35.1 Å². The van der Waals surface area contributed by atoms with Crippen LogP contribution in [0.4, 0.5) is 0 Å². The van der Waals surface area contributed by atoms with E-state index >= 15 is 0 Å². The van der Waals surface area contributed by atoms with Crippen LogP contribution < -0.4 is 0 Å². The highest BCUT2D eigenvalue weighted by Crippen LogP contribution is 2.13. The van der Waals surface area contributed by atoms with E-state index in [-0.39, 0.29) is 12.0 Å². The van der Waals surface area contributed by atoms with Crippen molar-refractivity contribution in [2.45, 2.75) is 31.8 Å². The van der Waals surface area contributed by atoms with E-state index in [0.717, 1.165) is 19.3 Å². The van der Waals surface area contributed by atoms with Crippen molar-refractivity contribution >= 4 is 28.5 Å². The highest BCUT2D eigenvalue weighted by molar-refractivity contribution is 14.1. The molecule has 1 aliphatic heterocycles. The Kier molecular flexibility index (Phi) is 5.00. The number of aryl methyl sites for hydroxylation is 1. The number of carbonyl (C=O) groups is 1. The average molecular weight is 359 g/mol. The van der Waals surface area contributed by atoms with Crippen LogP contribution in [0.3, 0.4) is 0 Å². The molecule has 1 aromatic rings. The smallest absolute Gasteiger partial charge is 0.222 e. The Balaban J connectivity index is 1.79. The third-order valence-corrected chi connectivity index (χ3v) is 4.08. The van der Waals surface area contributed by atoms with E-state index in [4.69, 9.17) is 0 Å². The topological polar surface area (TPSA) is 40.5 Å². The van der Waals surface area contributed by atoms with Gasteiger partial charge in [0.1, 0.15) is 0 Å². The van der Waals surface area contributed by atoms with Crippen molar-refractivity contribution in [1.82, 2.24) is 4.90 Å². The largest absolute Gasteiger partial charge is 0.393 e. The number of benzene rings is 1. The number of rotatable bonds is 3. The summed E-state index contributed by atoms with van der Waals surface area (Å²) in [5.74, 6) is 0.209. The van der Waals surface area contributed by atoms with Gasteiger partial charge in [-0.3, -0.25) is 4.79 Å². The van der Waals surface area contributed by atoms with Gasteiger partial charge in [-0.2, -0.15) is 0 Å². The summed E-state index contributed by atoms with van der Waals surface area (Å²) in [6, 6.07) is 8.29. The zero-order chi connectivity index (χ0) is 13.0. The lowest BCUT2D eigenvalue weighted by Gasteiger charge is -2.29. The molecule has 1 heterocycles. The summed E-state index contributed by atoms with van der Waals surface area (Å²) in [5, 5.41) is 9.40. The van der Waals surface area contributed by atoms with E-state index in [1.165, 1.54) is 9.13 Å². The summed E-state index contributed by atoms with van der Waals surface area (Å²) in [4.78, 5) is 13.9. The molecule has 1 amide bonds. The summed E-state index contributed by atoms with van der Waals surface area (Å²) < 4.78 is 1.22. The standard InChI is InChI=1S/C14H18INO2/c15-12-4-1-11(2-5-12)3-6-14(18)16-9-7-13(17)8-10-16/h1-2,4-5,13,17H,3,6-10H2. The van der Waals surface area contributed by atoms with E-state index in [0.29, 0.717) is 19.5 Å². The molecule has 1 saturated heterocycles. The van der Waals surface area contributed by atoms with Gasteiger partial charge in [0.05, 0.1) is 6.10 Å². The molecule has 0 aromatic heterocycles. The van der Waals surface area contributed by atoms with Gasteiger partial charge >= 0.3 is 0 Å². The molecule has 0 atom stereocenters. The monoisotopic (exact) mass is 359 g/mol. The van der Waals surface area contributed by atoms with Crippen molar-refractivity contribution in [1.29, 1.82) is 0 Å². The first-order valence-electron chi connectivity index (χ1n) is 6.35. The number of carbonyl (C=O) groups excluding carboxylic acids is 1. The predicted molar refractivity (Wildman–Crippen MR) is 79.3 cm³/mol. The highest BCUT2D eigenvalue weighted by atomic mass is 127. The number of piperidine rings is 1. The lowest BCUT2D eigenvalue weighted by Crippen LogP contribution is -2.40. The van der Waals surface area contributed by atoms with Gasteiger partial charge < -0.3 is 10.0 Å². The van der Waals surface area contributed by atoms with Gasteiger partial charge in [-0.15, -0.1) is 0 Å². The number of aliphatic hydroxyl groups excluding tert-OH is 1. The summed E-state index contributed by atoms with van der Waals surface area (Å²) >= 11 is 2.28. The van der Waals surface area contributed by atoms with Gasteiger partial charge in [0.15, 0.2) is 0 Å². The maximum atomic E-state index is 12.0. The van der Waals surface area contributed by atoms with Crippen molar-refractivity contribution in [2.24, 2.45) is 0 Å². The molecule has 0 spiro atoms. The fourth-order valence-electron chi connectivity index (χ4n) is 2.18. The normalized spacial score (nSPS) is 16.9. The molecule has 18 heavy (non-hydrogen) atoms. The molecule has 1 N–H and O–H groups in total. The molecular formula is C14H18INO2. The van der Waals surface area contributed by atoms with Crippen molar-refractivity contribution in [2.75, 3.05) is 13.1 Å². The fraction of sp³-hybridized carbons (Fsp3) is 0.500. The fourth-order valence-corrected chi connectivity index (χ4v) is 2.54. The van der Waals surface area contributed by atoms with Gasteiger partial charge in [0, 0.05) is 23.1 Å². The molecule has 1 fully saturated rings. The Morgan fingerprint density at radius 3 is 2.50 bits per heavy atom. The Bertz CT molecular complexity index is 397. The van der Waals surface area contributed by atoms with Crippen molar-refractivity contribution < 1.29 is 9.90 Å². The van der Waals surface area contributed by atoms with Gasteiger partial charge in [0.25, 0.3) is 0 Å². The predicted octanol–water partition coefficient (Wildman–Crippen LogP) is 2.21. The Hall–Kier alpha value is -0.620. The van der Waals surface area contributed by atoms with E-state index in [1.54, 1.807) is 0 Å². The SMILES string of the molecule is O=C(CCc1ccc(I)cc1)N1CCC(O)CC1. The third kappa shape index (κ3) is 3.95. The molecular weight excluding hydrogens is 341 g/mol. The molecule has 0 unspecified atom stereocenters. The molecule has 0 saturated carbocycles. The summed E-state index contributed by atoms with van der Waals surface area (Å²) in [6.07, 6.45) is 2.58. The number of likely N-dealkylation sites (tertiary alicyclic amines) is 1. The van der Waals surface area contributed by atoms with Gasteiger partial charge in [0.2, 0.25) is 5.91 Å². The lowest BCUT2D eigenvalue weighted by atomic mass is 10.1. The van der Waals surface area contributed by atoms with Crippen LogP contribution in [0.25, 0.3) is 0 Å². The Labute approximate surface area is 121 Å². The number of hydrogen-bond acceptors (Lipinski definition) is 2. The molecule has 1 aromatic carbocycles. The van der Waals surface area contributed by atoms with Crippen LogP contribution >= 0.6 is 22.6 Å². The van der Waals surface area contributed by atoms with Crippen LogP contribution in [0, 0.1) is 3.57 Å². The Morgan fingerprint density at radius 2 is 1.89 bits per heavy atom. The van der Waals surface area contributed by atoms with Crippen molar-refractivity contribution in [3.63, 3.8) is 0 Å². The van der Waals surface area contributed by atoms with E-state index < -0.39 is 0 Å². The maximum Gasteiger partial charge on any atom is 0.222 e. The zero-order valence-electron chi connectivity index (χ0n) is 10.3. The second-order valence-electron chi connectivity index (χ2n) is 4.74. The van der Waals surface area contributed by atoms with E-state index in [1.807, 2.05) is 4.90 Å². The van der Waals surface area contributed by atoms with Crippen LogP contribution in [0.1, 0.15) is 24.8 Å². The van der Waals surface area contributed by atoms with Gasteiger partial charge in [-0.1, -0.05) is 12.1 Å². The number of nitrogens with zero attached hydrogens (tertiary/aromatic N) is 1. The molecule has 1 aliphatic rings. The Morgan fingerprint density at radius 1 is 1.28 bits per heavy atom. The quantitative estimate of drug-likeness (QED) is 0.841. The maximum absolute atomic E-state index is 12.0. The number of amides is 1. The summed E-state index contributed by atoms with van der Waals surface area (Å²) in [5.41, 5.74) is 1.21. The minimum absolute atomic E-state index is 0.209. The third-order valence-electron chi connectivity index (χ3n) is 3.36. The first kappa shape index (κ1) is 13.8. The summed E-state index contributed by atoms with van der Waals surface area (Å²) in [7, 11) is 0.